The fourth-order valence-electron chi connectivity index (χ4n) is 1.78. The van der Waals surface area contributed by atoms with Gasteiger partial charge in [-0.1, -0.05) is 37.3 Å². The topological polar surface area (TPSA) is 75.6 Å². The maximum Gasteiger partial charge on any atom is 0.408 e. The van der Waals surface area contributed by atoms with E-state index in [-0.39, 0.29) is 5.92 Å². The Bertz CT molecular complexity index is 465. The van der Waals surface area contributed by atoms with Gasteiger partial charge in [0.2, 0.25) is 0 Å². The van der Waals surface area contributed by atoms with Crippen LogP contribution in [0.4, 0.5) is 4.79 Å². The van der Waals surface area contributed by atoms with Crippen molar-refractivity contribution in [1.82, 2.24) is 5.32 Å². The predicted molar refractivity (Wildman–Crippen MR) is 75.7 cm³/mol. The van der Waals surface area contributed by atoms with Crippen molar-refractivity contribution < 1.29 is 19.4 Å². The summed E-state index contributed by atoms with van der Waals surface area (Å²) in [6.45, 7) is 6.93. The third-order valence-corrected chi connectivity index (χ3v) is 2.76. The number of benzene rings is 1. The van der Waals surface area contributed by atoms with Crippen LogP contribution in [0.1, 0.15) is 39.2 Å². The van der Waals surface area contributed by atoms with Crippen LogP contribution in [-0.2, 0) is 9.53 Å². The van der Waals surface area contributed by atoms with E-state index in [9.17, 15) is 14.7 Å². The average Bonchev–Trinajstić information content (AvgIpc) is 2.34. The largest absolute Gasteiger partial charge is 0.480 e. The summed E-state index contributed by atoms with van der Waals surface area (Å²) in [5, 5.41) is 11.7. The number of rotatable bonds is 4. The van der Waals surface area contributed by atoms with Gasteiger partial charge in [-0.05, 0) is 26.3 Å². The van der Waals surface area contributed by atoms with Gasteiger partial charge in [0.1, 0.15) is 11.6 Å². The van der Waals surface area contributed by atoms with Crippen molar-refractivity contribution >= 4 is 12.1 Å². The van der Waals surface area contributed by atoms with Gasteiger partial charge in [-0.25, -0.2) is 9.59 Å². The highest BCUT2D eigenvalue weighted by Crippen LogP contribution is 2.19. The van der Waals surface area contributed by atoms with E-state index in [0.717, 1.165) is 5.56 Å². The molecule has 1 aromatic carbocycles. The number of carboxylic acid groups (broad SMARTS) is 1. The van der Waals surface area contributed by atoms with E-state index >= 15 is 0 Å². The van der Waals surface area contributed by atoms with E-state index < -0.39 is 23.7 Å². The van der Waals surface area contributed by atoms with Crippen LogP contribution in [0, 0.1) is 0 Å². The van der Waals surface area contributed by atoms with Crippen LogP contribution < -0.4 is 5.32 Å². The lowest BCUT2D eigenvalue weighted by Gasteiger charge is -2.25. The molecule has 0 heterocycles. The Labute approximate surface area is 118 Å². The molecule has 0 aliphatic rings. The number of nitrogens with one attached hydrogen (secondary N) is 1. The van der Waals surface area contributed by atoms with E-state index in [1.165, 1.54) is 0 Å². The summed E-state index contributed by atoms with van der Waals surface area (Å²) in [7, 11) is 0. The summed E-state index contributed by atoms with van der Waals surface area (Å²) in [6, 6.07) is 8.14. The van der Waals surface area contributed by atoms with Gasteiger partial charge in [-0.2, -0.15) is 0 Å². The molecule has 0 unspecified atom stereocenters. The lowest BCUT2D eigenvalue weighted by molar-refractivity contribution is -0.140. The lowest BCUT2D eigenvalue weighted by Crippen LogP contribution is -2.46. The van der Waals surface area contributed by atoms with Gasteiger partial charge in [0.15, 0.2) is 0 Å². The molecule has 0 bridgehead atoms. The van der Waals surface area contributed by atoms with Gasteiger partial charge in [0.25, 0.3) is 0 Å². The number of ether oxygens (including phenoxy) is 1. The number of carbonyl (C=O) groups excluding carboxylic acids is 1. The van der Waals surface area contributed by atoms with Crippen LogP contribution in [0.5, 0.6) is 0 Å². The van der Waals surface area contributed by atoms with Crippen LogP contribution in [-0.4, -0.2) is 28.8 Å². The molecule has 20 heavy (non-hydrogen) atoms. The second-order valence-corrected chi connectivity index (χ2v) is 5.66. The number of hydrogen-bond acceptors (Lipinski definition) is 3. The van der Waals surface area contributed by atoms with Crippen molar-refractivity contribution in [2.45, 2.75) is 45.3 Å². The molecule has 5 nitrogen and oxygen atoms in total. The highest BCUT2D eigenvalue weighted by atomic mass is 16.6. The van der Waals surface area contributed by atoms with E-state index in [0.29, 0.717) is 0 Å². The summed E-state index contributed by atoms with van der Waals surface area (Å²) < 4.78 is 5.09. The first-order valence-corrected chi connectivity index (χ1v) is 6.48. The highest BCUT2D eigenvalue weighted by Gasteiger charge is 2.29. The molecule has 5 heteroatoms. The van der Waals surface area contributed by atoms with Gasteiger partial charge in [-0.15, -0.1) is 0 Å². The van der Waals surface area contributed by atoms with Gasteiger partial charge in [0, 0.05) is 5.92 Å². The van der Waals surface area contributed by atoms with Crippen molar-refractivity contribution in [3.05, 3.63) is 35.9 Å². The van der Waals surface area contributed by atoms with Crippen LogP contribution >= 0.6 is 0 Å². The summed E-state index contributed by atoms with van der Waals surface area (Å²) in [4.78, 5) is 23.1. The molecule has 0 aliphatic heterocycles. The maximum atomic E-state index is 11.7. The molecular formula is C15H21NO4. The Balaban J connectivity index is 2.80. The molecular weight excluding hydrogens is 258 g/mol. The highest BCUT2D eigenvalue weighted by molar-refractivity contribution is 5.81. The fourth-order valence-corrected chi connectivity index (χ4v) is 1.78. The standard InChI is InChI=1S/C15H21NO4/c1-10(11-8-6-5-7-9-11)12(13(17)18)16-14(19)20-15(2,3)4/h5-10,12H,1-4H3,(H,16,19)(H,17,18)/t10-,12-/m0/s1. The number of carbonyl (C=O) groups is 2. The van der Waals surface area contributed by atoms with Crippen LogP contribution in [0.3, 0.4) is 0 Å². The molecule has 0 aromatic heterocycles. The van der Waals surface area contributed by atoms with E-state index in [4.69, 9.17) is 4.74 Å². The van der Waals surface area contributed by atoms with Crippen molar-refractivity contribution in [3.63, 3.8) is 0 Å². The Morgan fingerprint density at radius 1 is 1.20 bits per heavy atom. The second kappa shape index (κ2) is 6.41. The fraction of sp³-hybridized carbons (Fsp3) is 0.467. The lowest BCUT2D eigenvalue weighted by atomic mass is 9.93. The zero-order valence-electron chi connectivity index (χ0n) is 12.2. The van der Waals surface area contributed by atoms with Crippen LogP contribution in [0.15, 0.2) is 30.3 Å². The molecule has 0 aliphatic carbocycles. The van der Waals surface area contributed by atoms with Crippen molar-refractivity contribution in [3.8, 4) is 0 Å². The van der Waals surface area contributed by atoms with E-state index in [1.54, 1.807) is 27.7 Å². The minimum atomic E-state index is -1.09. The minimum Gasteiger partial charge on any atom is -0.480 e. The first kappa shape index (κ1) is 16.0. The second-order valence-electron chi connectivity index (χ2n) is 5.66. The number of aliphatic carboxylic acids is 1. The Hall–Kier alpha value is -2.04. The van der Waals surface area contributed by atoms with Gasteiger partial charge in [-0.3, -0.25) is 0 Å². The first-order chi connectivity index (χ1) is 9.20. The molecule has 2 atom stereocenters. The summed E-state index contributed by atoms with van der Waals surface area (Å²) in [6.07, 6.45) is -0.729. The molecule has 1 amide bonds. The van der Waals surface area contributed by atoms with Crippen LogP contribution in [0.25, 0.3) is 0 Å². The molecule has 0 saturated heterocycles. The van der Waals surface area contributed by atoms with Gasteiger partial charge >= 0.3 is 12.1 Å². The summed E-state index contributed by atoms with van der Waals surface area (Å²) in [5.41, 5.74) is 0.180. The molecule has 110 valence electrons. The molecule has 1 rings (SSSR count). The van der Waals surface area contributed by atoms with Crippen molar-refractivity contribution in [2.75, 3.05) is 0 Å². The Morgan fingerprint density at radius 2 is 1.75 bits per heavy atom. The summed E-state index contributed by atoms with van der Waals surface area (Å²) in [5.74, 6) is -1.45. The quantitative estimate of drug-likeness (QED) is 0.888. The summed E-state index contributed by atoms with van der Waals surface area (Å²) >= 11 is 0. The third-order valence-electron chi connectivity index (χ3n) is 2.76. The predicted octanol–water partition coefficient (Wildman–Crippen LogP) is 2.77. The smallest absolute Gasteiger partial charge is 0.408 e. The Kier molecular flexibility index (Phi) is 5.13. The molecule has 1 aromatic rings. The zero-order valence-corrected chi connectivity index (χ0v) is 12.2. The van der Waals surface area contributed by atoms with Gasteiger partial charge < -0.3 is 15.2 Å². The minimum absolute atomic E-state index is 0.360. The SMILES string of the molecule is C[C@@H](c1ccccc1)[C@H](NC(=O)OC(C)(C)C)C(=O)O. The van der Waals surface area contributed by atoms with Gasteiger partial charge in [0.05, 0.1) is 0 Å². The number of alkyl carbamates (subject to hydrolysis) is 1. The zero-order chi connectivity index (χ0) is 15.3. The average molecular weight is 279 g/mol. The number of carboxylic acids is 1. The molecule has 0 fully saturated rings. The van der Waals surface area contributed by atoms with E-state index in [1.807, 2.05) is 30.3 Å². The maximum absolute atomic E-state index is 11.7. The molecule has 0 spiro atoms. The monoisotopic (exact) mass is 279 g/mol. The van der Waals surface area contributed by atoms with Crippen molar-refractivity contribution in [2.24, 2.45) is 0 Å². The third kappa shape index (κ3) is 4.91. The molecule has 0 saturated carbocycles. The van der Waals surface area contributed by atoms with Crippen LogP contribution in [0.2, 0.25) is 0 Å². The Morgan fingerprint density at radius 3 is 2.20 bits per heavy atom. The normalized spacial score (nSPS) is 14.2. The molecule has 2 N–H and O–H groups in total. The first-order valence-electron chi connectivity index (χ1n) is 6.48. The van der Waals surface area contributed by atoms with Crippen molar-refractivity contribution in [1.29, 1.82) is 0 Å². The van der Waals surface area contributed by atoms with E-state index in [2.05, 4.69) is 5.32 Å². The number of hydrogen-bond donors (Lipinski definition) is 2. The number of amides is 1. The molecule has 0 radical (unpaired) electrons.